The summed E-state index contributed by atoms with van der Waals surface area (Å²) in [6.07, 6.45) is 60.1. The van der Waals surface area contributed by atoms with Crippen molar-refractivity contribution in [2.24, 2.45) is 0 Å². The molecule has 8 unspecified atom stereocenters. The number of amides is 1. The standard InChI is InChI=1S/C66H113NO10/c1-4-7-10-13-16-19-22-24-26-27-28-29-30-31-32-33-34-36-39-42-45-48-51-54-61(71)77-64-63(73)62(72)60(55-68)76-66(64)75-56-57(58(69)52-49-46-43-40-37-21-18-15-12-9-6-3)67-65(74)59(70)53-50-47-44-41-38-35-25-23-20-17-14-11-8-5-2/h7,10,16-17,19-20,23-26,28-29,31-32,49,52,57-60,62-64,66,68-70,72-73H,4-6,8-9,11-15,18,21-22,27,30,33-48,50-51,53-56H2,1-3H3,(H,67,74)/b10-7-,19-16-,20-17+,25-23+,26-24-,29-28-,32-31-,52-49+. The largest absolute Gasteiger partial charge is 0.454 e. The number of nitrogens with one attached hydrogen (secondary N) is 1. The molecule has 8 atom stereocenters. The number of allylic oxidation sites excluding steroid dienone is 15. The van der Waals surface area contributed by atoms with E-state index in [9.17, 15) is 35.1 Å². The molecule has 0 aromatic heterocycles. The van der Waals surface area contributed by atoms with E-state index in [1.807, 2.05) is 6.08 Å². The van der Waals surface area contributed by atoms with Crippen molar-refractivity contribution < 1.29 is 49.3 Å². The van der Waals surface area contributed by atoms with Crippen molar-refractivity contribution in [3.63, 3.8) is 0 Å². The molecule has 442 valence electrons. The number of unbranched alkanes of at least 4 members (excludes halogenated alkanes) is 24. The fraction of sp³-hybridized carbons (Fsp3) is 0.727. The van der Waals surface area contributed by atoms with E-state index in [4.69, 9.17) is 14.2 Å². The number of hydrogen-bond donors (Lipinski definition) is 6. The Morgan fingerprint density at radius 3 is 1.51 bits per heavy atom. The van der Waals surface area contributed by atoms with Crippen molar-refractivity contribution in [2.75, 3.05) is 13.2 Å². The summed E-state index contributed by atoms with van der Waals surface area (Å²) < 4.78 is 17.6. The second-order valence-corrected chi connectivity index (χ2v) is 21.1. The van der Waals surface area contributed by atoms with Gasteiger partial charge in [0.2, 0.25) is 5.91 Å². The van der Waals surface area contributed by atoms with Gasteiger partial charge in [0, 0.05) is 6.42 Å². The summed E-state index contributed by atoms with van der Waals surface area (Å²) in [7, 11) is 0. The summed E-state index contributed by atoms with van der Waals surface area (Å²) in [5.74, 6) is -1.22. The van der Waals surface area contributed by atoms with Gasteiger partial charge in [0.05, 0.1) is 25.4 Å². The minimum absolute atomic E-state index is 0.104. The van der Waals surface area contributed by atoms with E-state index >= 15 is 0 Å². The number of ether oxygens (including phenoxy) is 3. The second kappa shape index (κ2) is 53.2. The summed E-state index contributed by atoms with van der Waals surface area (Å²) in [6.45, 7) is 5.61. The Hall–Kier alpha value is -3.42. The molecule has 0 saturated carbocycles. The highest BCUT2D eigenvalue weighted by atomic mass is 16.7. The smallest absolute Gasteiger partial charge is 0.306 e. The van der Waals surface area contributed by atoms with Crippen LogP contribution in [-0.2, 0) is 23.8 Å². The van der Waals surface area contributed by atoms with Gasteiger partial charge in [-0.3, -0.25) is 9.59 Å². The monoisotopic (exact) mass is 1080 g/mol. The molecule has 0 aliphatic carbocycles. The van der Waals surface area contributed by atoms with Gasteiger partial charge in [-0.2, -0.15) is 0 Å². The first kappa shape index (κ1) is 71.6. The maximum atomic E-state index is 13.4. The van der Waals surface area contributed by atoms with Crippen LogP contribution >= 0.6 is 0 Å². The van der Waals surface area contributed by atoms with Crippen LogP contribution < -0.4 is 5.32 Å². The van der Waals surface area contributed by atoms with Gasteiger partial charge in [0.15, 0.2) is 12.4 Å². The predicted octanol–water partition coefficient (Wildman–Crippen LogP) is 14.7. The zero-order valence-electron chi connectivity index (χ0n) is 48.8. The molecule has 1 aliphatic heterocycles. The van der Waals surface area contributed by atoms with E-state index in [0.717, 1.165) is 141 Å². The number of hydrogen-bond acceptors (Lipinski definition) is 10. The summed E-state index contributed by atoms with van der Waals surface area (Å²) >= 11 is 0. The van der Waals surface area contributed by atoms with Crippen molar-refractivity contribution in [3.05, 3.63) is 97.2 Å². The van der Waals surface area contributed by atoms with Crippen LogP contribution in [0.1, 0.15) is 245 Å². The lowest BCUT2D eigenvalue weighted by Crippen LogP contribution is -2.61. The van der Waals surface area contributed by atoms with Gasteiger partial charge in [0.25, 0.3) is 0 Å². The van der Waals surface area contributed by atoms with Gasteiger partial charge in [-0.1, -0.05) is 240 Å². The zero-order valence-corrected chi connectivity index (χ0v) is 48.8. The second-order valence-electron chi connectivity index (χ2n) is 21.1. The Bertz CT molecular complexity index is 1620. The lowest BCUT2D eigenvalue weighted by atomic mass is 9.99. The number of aliphatic hydroxyl groups excluding tert-OH is 5. The van der Waals surface area contributed by atoms with E-state index in [-0.39, 0.29) is 19.4 Å². The minimum Gasteiger partial charge on any atom is -0.454 e. The molecule has 11 nitrogen and oxygen atoms in total. The summed E-state index contributed by atoms with van der Waals surface area (Å²) in [6, 6.07) is -1.04. The first-order valence-corrected chi connectivity index (χ1v) is 31.0. The molecule has 1 amide bonds. The lowest BCUT2D eigenvalue weighted by Gasteiger charge is -2.41. The van der Waals surface area contributed by atoms with Gasteiger partial charge in [-0.15, -0.1) is 0 Å². The average molecular weight is 1080 g/mol. The van der Waals surface area contributed by atoms with Crippen molar-refractivity contribution in [3.8, 4) is 0 Å². The molecule has 0 bridgehead atoms. The van der Waals surface area contributed by atoms with Crippen LogP contribution in [0.25, 0.3) is 0 Å². The molecule has 0 aromatic rings. The number of carbonyl (C=O) groups is 2. The first-order valence-electron chi connectivity index (χ1n) is 31.0. The maximum Gasteiger partial charge on any atom is 0.306 e. The highest BCUT2D eigenvalue weighted by Crippen LogP contribution is 2.26. The Morgan fingerprint density at radius 2 is 0.974 bits per heavy atom. The summed E-state index contributed by atoms with van der Waals surface area (Å²) in [5.41, 5.74) is 0. The average Bonchev–Trinajstić information content (AvgIpc) is 3.43. The van der Waals surface area contributed by atoms with Crippen LogP contribution in [0.15, 0.2) is 97.2 Å². The zero-order chi connectivity index (χ0) is 56.1. The molecule has 0 spiro atoms. The molecule has 1 aliphatic rings. The van der Waals surface area contributed by atoms with Gasteiger partial charge in [-0.25, -0.2) is 0 Å². The van der Waals surface area contributed by atoms with Crippen LogP contribution in [-0.4, -0.2) is 99.6 Å². The van der Waals surface area contributed by atoms with Crippen molar-refractivity contribution in [2.45, 2.75) is 294 Å². The highest BCUT2D eigenvalue weighted by molar-refractivity contribution is 5.80. The topological polar surface area (TPSA) is 175 Å². The minimum atomic E-state index is -1.63. The third-order valence-corrected chi connectivity index (χ3v) is 14.0. The van der Waals surface area contributed by atoms with E-state index in [1.165, 1.54) is 57.8 Å². The highest BCUT2D eigenvalue weighted by Gasteiger charge is 2.47. The fourth-order valence-electron chi connectivity index (χ4n) is 9.08. The molecule has 11 heteroatoms. The molecule has 0 radical (unpaired) electrons. The number of rotatable bonds is 51. The molecular weight excluding hydrogens is 967 g/mol. The molecule has 6 N–H and O–H groups in total. The Labute approximate surface area is 469 Å². The third-order valence-electron chi connectivity index (χ3n) is 14.0. The maximum absolute atomic E-state index is 13.4. The van der Waals surface area contributed by atoms with Crippen LogP contribution in [0, 0.1) is 0 Å². The Morgan fingerprint density at radius 1 is 0.532 bits per heavy atom. The molecule has 1 rings (SSSR count). The molecule has 1 heterocycles. The quantitative estimate of drug-likeness (QED) is 0.0149. The van der Waals surface area contributed by atoms with Crippen LogP contribution in [0.2, 0.25) is 0 Å². The molecule has 77 heavy (non-hydrogen) atoms. The van der Waals surface area contributed by atoms with E-state index in [2.05, 4.69) is 111 Å². The van der Waals surface area contributed by atoms with E-state index in [0.29, 0.717) is 12.8 Å². The van der Waals surface area contributed by atoms with Gasteiger partial charge < -0.3 is 45.1 Å². The Balaban J connectivity index is 2.65. The normalized spacial score (nSPS) is 19.7. The van der Waals surface area contributed by atoms with Crippen molar-refractivity contribution in [1.82, 2.24) is 5.32 Å². The van der Waals surface area contributed by atoms with Crippen LogP contribution in [0.5, 0.6) is 0 Å². The van der Waals surface area contributed by atoms with Gasteiger partial charge in [0.1, 0.15) is 24.4 Å². The summed E-state index contributed by atoms with van der Waals surface area (Å²) in [4.78, 5) is 26.5. The molecule has 0 aromatic carbocycles. The number of carbonyl (C=O) groups excluding carboxylic acids is 2. The predicted molar refractivity (Wildman–Crippen MR) is 319 cm³/mol. The molecule has 1 fully saturated rings. The number of esters is 1. The number of aliphatic hydroxyl groups is 5. The van der Waals surface area contributed by atoms with Crippen molar-refractivity contribution in [1.29, 1.82) is 0 Å². The van der Waals surface area contributed by atoms with E-state index in [1.54, 1.807) is 6.08 Å². The lowest BCUT2D eigenvalue weighted by molar-refractivity contribution is -0.305. The van der Waals surface area contributed by atoms with Crippen molar-refractivity contribution >= 4 is 11.9 Å². The summed E-state index contributed by atoms with van der Waals surface area (Å²) in [5, 5.41) is 56.9. The Kier molecular flexibility index (Phi) is 49.5. The molecule has 1 saturated heterocycles. The molecular formula is C66H113NO10. The van der Waals surface area contributed by atoms with Crippen LogP contribution in [0.3, 0.4) is 0 Å². The van der Waals surface area contributed by atoms with Gasteiger partial charge >= 0.3 is 5.97 Å². The SMILES string of the molecule is CC/C=C\C/C=C\C/C=C\C/C=C\C/C=C\CCCCCCCCCC(=O)OC1C(OCC(NC(=O)C(O)CCCCCCC/C=C/C=C/CCCCC)C(O)/C=C/CCCCCCCCCCC)OC(CO)C(O)C1O. The fourth-order valence-corrected chi connectivity index (χ4v) is 9.08. The van der Waals surface area contributed by atoms with Gasteiger partial charge in [-0.05, 0) is 96.3 Å². The van der Waals surface area contributed by atoms with E-state index < -0.39 is 67.4 Å². The van der Waals surface area contributed by atoms with Crippen LogP contribution in [0.4, 0.5) is 0 Å². The first-order chi connectivity index (χ1) is 37.7. The third kappa shape index (κ3) is 41.3.